The lowest BCUT2D eigenvalue weighted by Crippen LogP contribution is -2.34. The van der Waals surface area contributed by atoms with Crippen molar-refractivity contribution in [2.24, 2.45) is 0 Å². The van der Waals surface area contributed by atoms with E-state index in [-0.39, 0.29) is 11.0 Å². The van der Waals surface area contributed by atoms with E-state index in [9.17, 15) is 8.42 Å². The van der Waals surface area contributed by atoms with Gasteiger partial charge in [0.05, 0.1) is 10.4 Å². The molecule has 136 valence electrons. The number of aryl methyl sites for hydroxylation is 1. The average molecular weight is 370 g/mol. The number of rotatable bonds is 4. The van der Waals surface area contributed by atoms with Gasteiger partial charge in [0, 0.05) is 11.6 Å². The molecule has 1 aliphatic rings. The molecular weight excluding hydrogens is 348 g/mol. The SMILES string of the molecule is Cc1ccc(S(=O)(=O)n2ccc3c(OC4CCNCC4)cccc32)cc1. The first-order chi connectivity index (χ1) is 12.6. The fourth-order valence-corrected chi connectivity index (χ4v) is 4.69. The van der Waals surface area contributed by atoms with Gasteiger partial charge in [0.1, 0.15) is 11.9 Å². The second kappa shape index (κ2) is 6.78. The second-order valence-corrected chi connectivity index (χ2v) is 8.50. The zero-order valence-corrected chi connectivity index (χ0v) is 15.5. The third kappa shape index (κ3) is 3.10. The van der Waals surface area contributed by atoms with Gasteiger partial charge < -0.3 is 10.1 Å². The van der Waals surface area contributed by atoms with Gasteiger partial charge in [-0.3, -0.25) is 0 Å². The molecule has 0 amide bonds. The molecule has 1 aromatic heterocycles. The van der Waals surface area contributed by atoms with Gasteiger partial charge >= 0.3 is 0 Å². The molecule has 0 atom stereocenters. The van der Waals surface area contributed by atoms with E-state index < -0.39 is 10.0 Å². The highest BCUT2D eigenvalue weighted by atomic mass is 32.2. The minimum absolute atomic E-state index is 0.166. The summed E-state index contributed by atoms with van der Waals surface area (Å²) in [6.45, 7) is 3.83. The summed E-state index contributed by atoms with van der Waals surface area (Å²) < 4.78 is 33.6. The average Bonchev–Trinajstić information content (AvgIpc) is 3.09. The van der Waals surface area contributed by atoms with Crippen molar-refractivity contribution >= 4 is 20.9 Å². The van der Waals surface area contributed by atoms with E-state index in [1.54, 1.807) is 18.3 Å². The smallest absolute Gasteiger partial charge is 0.268 e. The van der Waals surface area contributed by atoms with Crippen LogP contribution >= 0.6 is 0 Å². The highest BCUT2D eigenvalue weighted by Crippen LogP contribution is 2.30. The number of benzene rings is 2. The molecule has 0 aliphatic carbocycles. The van der Waals surface area contributed by atoms with Gasteiger partial charge in [0.15, 0.2) is 0 Å². The van der Waals surface area contributed by atoms with Crippen LogP contribution in [-0.4, -0.2) is 31.6 Å². The summed E-state index contributed by atoms with van der Waals surface area (Å²) in [5.41, 5.74) is 1.66. The van der Waals surface area contributed by atoms with Gasteiger partial charge in [-0.15, -0.1) is 0 Å². The second-order valence-electron chi connectivity index (χ2n) is 6.69. The summed E-state index contributed by atoms with van der Waals surface area (Å²) in [6, 6.07) is 14.3. The highest BCUT2D eigenvalue weighted by molar-refractivity contribution is 7.90. The summed E-state index contributed by atoms with van der Waals surface area (Å²) in [4.78, 5) is 0.283. The van der Waals surface area contributed by atoms with Crippen LogP contribution in [0, 0.1) is 6.92 Å². The predicted octanol–water partition coefficient (Wildman–Crippen LogP) is 3.32. The Labute approximate surface area is 153 Å². The van der Waals surface area contributed by atoms with Gasteiger partial charge in [-0.1, -0.05) is 23.8 Å². The fourth-order valence-electron chi connectivity index (χ4n) is 3.34. The Balaban J connectivity index is 1.73. The predicted molar refractivity (Wildman–Crippen MR) is 102 cm³/mol. The van der Waals surface area contributed by atoms with E-state index in [1.807, 2.05) is 43.3 Å². The number of piperidine rings is 1. The van der Waals surface area contributed by atoms with Crippen LogP contribution in [0.3, 0.4) is 0 Å². The molecule has 26 heavy (non-hydrogen) atoms. The zero-order chi connectivity index (χ0) is 18.1. The van der Waals surface area contributed by atoms with Crippen molar-refractivity contribution in [2.75, 3.05) is 13.1 Å². The summed E-state index contributed by atoms with van der Waals surface area (Å²) >= 11 is 0. The molecule has 3 aromatic rings. The van der Waals surface area contributed by atoms with Gasteiger partial charge in [-0.2, -0.15) is 0 Å². The maximum Gasteiger partial charge on any atom is 0.268 e. The van der Waals surface area contributed by atoms with Crippen LogP contribution in [0.15, 0.2) is 59.6 Å². The molecule has 0 saturated carbocycles. The van der Waals surface area contributed by atoms with E-state index in [0.29, 0.717) is 5.52 Å². The summed E-state index contributed by atoms with van der Waals surface area (Å²) in [5, 5.41) is 4.14. The lowest BCUT2D eigenvalue weighted by molar-refractivity contribution is 0.164. The molecule has 1 aliphatic heterocycles. The third-order valence-corrected chi connectivity index (χ3v) is 6.52. The van der Waals surface area contributed by atoms with Crippen molar-refractivity contribution in [2.45, 2.75) is 30.8 Å². The number of ether oxygens (including phenoxy) is 1. The molecule has 0 bridgehead atoms. The Bertz CT molecular complexity index is 1020. The number of nitrogens with zero attached hydrogens (tertiary/aromatic N) is 1. The molecular formula is C20H22N2O3S. The van der Waals surface area contributed by atoms with Gasteiger partial charge in [0.25, 0.3) is 10.0 Å². The quantitative estimate of drug-likeness (QED) is 0.765. The third-order valence-electron chi connectivity index (χ3n) is 4.81. The largest absolute Gasteiger partial charge is 0.490 e. The van der Waals surface area contributed by atoms with Crippen molar-refractivity contribution in [1.82, 2.24) is 9.29 Å². The number of fused-ring (bicyclic) bond motifs is 1. The van der Waals surface area contributed by atoms with Crippen LogP contribution < -0.4 is 10.1 Å². The molecule has 1 N–H and O–H groups in total. The van der Waals surface area contributed by atoms with Crippen LogP contribution in [0.25, 0.3) is 10.9 Å². The normalized spacial score (nSPS) is 16.0. The van der Waals surface area contributed by atoms with E-state index in [2.05, 4.69) is 5.32 Å². The van der Waals surface area contributed by atoms with Gasteiger partial charge in [-0.25, -0.2) is 12.4 Å². The van der Waals surface area contributed by atoms with Crippen LogP contribution in [-0.2, 0) is 10.0 Å². The Morgan fingerprint density at radius 1 is 1.04 bits per heavy atom. The number of hydrogen-bond acceptors (Lipinski definition) is 4. The van der Waals surface area contributed by atoms with E-state index in [1.165, 1.54) is 3.97 Å². The van der Waals surface area contributed by atoms with Gasteiger partial charge in [0.2, 0.25) is 0 Å². The first kappa shape index (κ1) is 17.1. The Kier molecular flexibility index (Phi) is 4.46. The number of hydrogen-bond donors (Lipinski definition) is 1. The Hall–Kier alpha value is -2.31. The van der Waals surface area contributed by atoms with Crippen LogP contribution in [0.5, 0.6) is 5.75 Å². The van der Waals surface area contributed by atoms with Crippen molar-refractivity contribution in [3.63, 3.8) is 0 Å². The number of aromatic nitrogens is 1. The topological polar surface area (TPSA) is 60.3 Å². The zero-order valence-electron chi connectivity index (χ0n) is 14.7. The maximum atomic E-state index is 13.0. The molecule has 0 unspecified atom stereocenters. The van der Waals surface area contributed by atoms with E-state index in [4.69, 9.17) is 4.74 Å². The van der Waals surface area contributed by atoms with Crippen LogP contribution in [0.2, 0.25) is 0 Å². The Morgan fingerprint density at radius 3 is 2.50 bits per heavy atom. The van der Waals surface area contributed by atoms with Crippen molar-refractivity contribution in [1.29, 1.82) is 0 Å². The van der Waals surface area contributed by atoms with E-state index >= 15 is 0 Å². The summed E-state index contributed by atoms with van der Waals surface area (Å²) in [5.74, 6) is 0.743. The molecule has 2 heterocycles. The molecule has 5 nitrogen and oxygen atoms in total. The summed E-state index contributed by atoms with van der Waals surface area (Å²) in [6.07, 6.45) is 3.69. The van der Waals surface area contributed by atoms with Crippen molar-refractivity contribution < 1.29 is 13.2 Å². The summed E-state index contributed by atoms with van der Waals surface area (Å²) in [7, 11) is -3.64. The first-order valence-electron chi connectivity index (χ1n) is 8.85. The molecule has 1 saturated heterocycles. The lowest BCUT2D eigenvalue weighted by Gasteiger charge is -2.24. The molecule has 6 heteroatoms. The van der Waals surface area contributed by atoms with Crippen molar-refractivity contribution in [3.8, 4) is 5.75 Å². The fraction of sp³-hybridized carbons (Fsp3) is 0.300. The van der Waals surface area contributed by atoms with Crippen LogP contribution in [0.1, 0.15) is 18.4 Å². The molecule has 0 radical (unpaired) electrons. The van der Waals surface area contributed by atoms with E-state index in [0.717, 1.165) is 42.6 Å². The molecule has 4 rings (SSSR count). The molecule has 1 fully saturated rings. The lowest BCUT2D eigenvalue weighted by atomic mass is 10.1. The first-order valence-corrected chi connectivity index (χ1v) is 10.3. The standard InChI is InChI=1S/C20H22N2O3S/c1-15-5-7-17(8-6-15)26(23,24)22-14-11-18-19(22)3-2-4-20(18)25-16-9-12-21-13-10-16/h2-8,11,14,16,21H,9-10,12-13H2,1H3. The minimum Gasteiger partial charge on any atom is -0.490 e. The monoisotopic (exact) mass is 370 g/mol. The number of nitrogens with one attached hydrogen (secondary N) is 1. The van der Waals surface area contributed by atoms with Crippen LogP contribution in [0.4, 0.5) is 0 Å². The highest BCUT2D eigenvalue weighted by Gasteiger charge is 2.21. The Morgan fingerprint density at radius 2 is 1.77 bits per heavy atom. The minimum atomic E-state index is -3.64. The molecule has 0 spiro atoms. The van der Waals surface area contributed by atoms with Crippen molar-refractivity contribution in [3.05, 3.63) is 60.3 Å². The molecule has 2 aromatic carbocycles. The maximum absolute atomic E-state index is 13.0. The van der Waals surface area contributed by atoms with Gasteiger partial charge in [-0.05, 0) is 63.2 Å².